The van der Waals surface area contributed by atoms with Crippen LogP contribution < -0.4 is 15.5 Å². The van der Waals surface area contributed by atoms with Crippen molar-refractivity contribution in [3.05, 3.63) is 95.6 Å². The molecule has 3 aromatic carbocycles. The van der Waals surface area contributed by atoms with Crippen LogP contribution in [-0.4, -0.2) is 43.9 Å². The van der Waals surface area contributed by atoms with Crippen LogP contribution in [0.2, 0.25) is 0 Å². The number of aliphatic imine (C=N–C) groups is 1. The second-order valence-electron chi connectivity index (χ2n) is 7.71. The number of benzodiazepines with no additional fused rings is 1. The van der Waals surface area contributed by atoms with E-state index in [0.29, 0.717) is 22.6 Å². The first-order chi connectivity index (χ1) is 16.5. The van der Waals surface area contributed by atoms with Crippen molar-refractivity contribution in [2.75, 3.05) is 24.4 Å². The zero-order valence-corrected chi connectivity index (χ0v) is 18.8. The third-order valence-electron chi connectivity index (χ3n) is 5.42. The number of para-hydroxylation sites is 1. The molecular weight excluding hydrogens is 432 g/mol. The molecule has 0 aliphatic carbocycles. The molecule has 0 fully saturated rings. The lowest BCUT2D eigenvalue weighted by Gasteiger charge is -2.21. The summed E-state index contributed by atoms with van der Waals surface area (Å²) in [4.78, 5) is 43.7. The number of esters is 1. The minimum Gasteiger partial charge on any atom is -0.469 e. The molecule has 0 aromatic heterocycles. The van der Waals surface area contributed by atoms with Crippen molar-refractivity contribution in [2.24, 2.45) is 4.99 Å². The van der Waals surface area contributed by atoms with E-state index in [0.717, 1.165) is 11.1 Å². The maximum atomic E-state index is 13.2. The number of hydrogen-bond acceptors (Lipinski definition) is 5. The lowest BCUT2D eigenvalue weighted by molar-refractivity contribution is -0.139. The molecule has 0 spiro atoms. The lowest BCUT2D eigenvalue weighted by Crippen LogP contribution is -2.47. The number of carbonyl (C=O) groups is 3. The Hall–Kier alpha value is -4.46. The fourth-order valence-corrected chi connectivity index (χ4v) is 3.73. The van der Waals surface area contributed by atoms with Gasteiger partial charge in [-0.25, -0.2) is 9.79 Å². The van der Waals surface area contributed by atoms with Gasteiger partial charge in [0.25, 0.3) is 5.91 Å². The summed E-state index contributed by atoms with van der Waals surface area (Å²) in [6.07, 6.45) is -1.05. The molecule has 0 saturated carbocycles. The van der Waals surface area contributed by atoms with E-state index in [4.69, 9.17) is 0 Å². The Labute approximate surface area is 197 Å². The summed E-state index contributed by atoms with van der Waals surface area (Å²) in [5.41, 5.74) is 4.11. The van der Waals surface area contributed by atoms with Gasteiger partial charge in [-0.3, -0.25) is 9.59 Å². The minimum atomic E-state index is -1.13. The molecule has 3 amide bonds. The van der Waals surface area contributed by atoms with Crippen LogP contribution in [0.3, 0.4) is 0 Å². The first-order valence-corrected chi connectivity index (χ1v) is 10.7. The SMILES string of the molecule is COC(=O)Cc1cccc(NC(=O)N[C@@H]2N=C(c3ccccc3)c3ccccc3N(C)C2=O)c1. The number of methoxy groups -OCH3 is 1. The van der Waals surface area contributed by atoms with Gasteiger partial charge in [-0.05, 0) is 23.8 Å². The van der Waals surface area contributed by atoms with E-state index in [1.165, 1.54) is 12.0 Å². The highest BCUT2D eigenvalue weighted by Crippen LogP contribution is 2.27. The van der Waals surface area contributed by atoms with Gasteiger partial charge < -0.3 is 20.3 Å². The predicted octanol–water partition coefficient (Wildman–Crippen LogP) is 3.36. The number of hydrogen-bond donors (Lipinski definition) is 2. The van der Waals surface area contributed by atoms with Gasteiger partial charge in [0.15, 0.2) is 0 Å². The minimum absolute atomic E-state index is 0.0858. The number of likely N-dealkylation sites (N-methyl/N-ethyl adjacent to an activating group) is 1. The van der Waals surface area contributed by atoms with E-state index in [-0.39, 0.29) is 18.3 Å². The molecule has 1 aliphatic rings. The van der Waals surface area contributed by atoms with Crippen LogP contribution in [0.25, 0.3) is 0 Å². The van der Waals surface area contributed by atoms with Crippen LogP contribution in [0.4, 0.5) is 16.2 Å². The molecule has 0 radical (unpaired) electrons. The smallest absolute Gasteiger partial charge is 0.321 e. The Balaban J connectivity index is 1.60. The average molecular weight is 457 g/mol. The second kappa shape index (κ2) is 9.99. The molecule has 8 heteroatoms. The van der Waals surface area contributed by atoms with E-state index in [1.54, 1.807) is 31.3 Å². The van der Waals surface area contributed by atoms with Crippen molar-refractivity contribution in [3.63, 3.8) is 0 Å². The topological polar surface area (TPSA) is 100 Å². The summed E-state index contributed by atoms with van der Waals surface area (Å²) in [5.74, 6) is -0.746. The third kappa shape index (κ3) is 4.96. The molecule has 1 aliphatic heterocycles. The lowest BCUT2D eigenvalue weighted by atomic mass is 10.0. The molecule has 2 N–H and O–H groups in total. The van der Waals surface area contributed by atoms with E-state index in [1.807, 2.05) is 54.6 Å². The maximum absolute atomic E-state index is 13.2. The Kier molecular flexibility index (Phi) is 6.68. The molecule has 0 unspecified atom stereocenters. The van der Waals surface area contributed by atoms with Crippen molar-refractivity contribution in [2.45, 2.75) is 12.6 Å². The number of benzene rings is 3. The van der Waals surface area contributed by atoms with Gasteiger partial charge in [-0.2, -0.15) is 0 Å². The number of anilines is 2. The molecule has 8 nitrogen and oxygen atoms in total. The normalized spacial score (nSPS) is 15.0. The van der Waals surface area contributed by atoms with Crippen molar-refractivity contribution < 1.29 is 19.1 Å². The van der Waals surface area contributed by atoms with Gasteiger partial charge in [-0.1, -0.05) is 60.7 Å². The summed E-state index contributed by atoms with van der Waals surface area (Å²) in [6.45, 7) is 0. The number of rotatable bonds is 5. The van der Waals surface area contributed by atoms with Crippen LogP contribution in [0.5, 0.6) is 0 Å². The van der Waals surface area contributed by atoms with Crippen LogP contribution >= 0.6 is 0 Å². The van der Waals surface area contributed by atoms with E-state index in [9.17, 15) is 14.4 Å². The quantitative estimate of drug-likeness (QED) is 0.575. The first-order valence-electron chi connectivity index (χ1n) is 10.7. The zero-order valence-electron chi connectivity index (χ0n) is 18.8. The van der Waals surface area contributed by atoms with Gasteiger partial charge >= 0.3 is 12.0 Å². The number of carbonyl (C=O) groups excluding carboxylic acids is 3. The maximum Gasteiger partial charge on any atom is 0.321 e. The van der Waals surface area contributed by atoms with Gasteiger partial charge in [0.1, 0.15) is 0 Å². The van der Waals surface area contributed by atoms with Gasteiger partial charge in [-0.15, -0.1) is 0 Å². The summed E-state index contributed by atoms with van der Waals surface area (Å²) in [5, 5.41) is 5.38. The number of nitrogens with zero attached hydrogens (tertiary/aromatic N) is 2. The molecule has 1 heterocycles. The zero-order chi connectivity index (χ0) is 24.1. The Morgan fingerprint density at radius 3 is 2.50 bits per heavy atom. The molecule has 172 valence electrons. The van der Waals surface area contributed by atoms with Crippen molar-refractivity contribution in [3.8, 4) is 0 Å². The molecular formula is C26H24N4O4. The second-order valence-corrected chi connectivity index (χ2v) is 7.71. The molecule has 34 heavy (non-hydrogen) atoms. The fourth-order valence-electron chi connectivity index (χ4n) is 3.73. The number of nitrogens with one attached hydrogen (secondary N) is 2. The average Bonchev–Trinajstić information content (AvgIpc) is 2.95. The van der Waals surface area contributed by atoms with Crippen LogP contribution in [0.1, 0.15) is 16.7 Å². The number of fused-ring (bicyclic) bond motifs is 1. The monoisotopic (exact) mass is 456 g/mol. The van der Waals surface area contributed by atoms with Gasteiger partial charge in [0.05, 0.1) is 24.9 Å². The summed E-state index contributed by atoms with van der Waals surface area (Å²) in [6, 6.07) is 23.3. The van der Waals surface area contributed by atoms with Gasteiger partial charge in [0, 0.05) is 23.9 Å². The van der Waals surface area contributed by atoms with Crippen molar-refractivity contribution >= 4 is 35.0 Å². The standard InChI is InChI=1S/C26H24N4O4/c1-30-21-14-7-6-13-20(21)23(18-10-4-3-5-11-18)28-24(25(30)32)29-26(33)27-19-12-8-9-17(15-19)16-22(31)34-2/h3-15,24H,16H2,1-2H3,(H2,27,29,33)/t24-/m0/s1. The molecule has 4 rings (SSSR count). The first kappa shape index (κ1) is 22.7. The Bertz CT molecular complexity index is 1260. The molecule has 0 bridgehead atoms. The highest BCUT2D eigenvalue weighted by atomic mass is 16.5. The van der Waals surface area contributed by atoms with Crippen molar-refractivity contribution in [1.82, 2.24) is 5.32 Å². The largest absolute Gasteiger partial charge is 0.469 e. The Morgan fingerprint density at radius 1 is 1.00 bits per heavy atom. The Morgan fingerprint density at radius 2 is 1.74 bits per heavy atom. The van der Waals surface area contributed by atoms with Crippen LogP contribution in [0, 0.1) is 0 Å². The number of ether oxygens (including phenoxy) is 1. The summed E-state index contributed by atoms with van der Waals surface area (Å²) >= 11 is 0. The van der Waals surface area contributed by atoms with Crippen molar-refractivity contribution in [1.29, 1.82) is 0 Å². The highest BCUT2D eigenvalue weighted by Gasteiger charge is 2.30. The van der Waals surface area contributed by atoms with Gasteiger partial charge in [0.2, 0.25) is 6.17 Å². The molecule has 3 aromatic rings. The van der Waals surface area contributed by atoms with E-state index in [2.05, 4.69) is 20.4 Å². The predicted molar refractivity (Wildman–Crippen MR) is 130 cm³/mol. The van der Waals surface area contributed by atoms with E-state index < -0.39 is 12.2 Å². The number of amides is 3. The third-order valence-corrected chi connectivity index (χ3v) is 5.42. The summed E-state index contributed by atoms with van der Waals surface area (Å²) in [7, 11) is 2.98. The summed E-state index contributed by atoms with van der Waals surface area (Å²) < 4.78 is 4.69. The fraction of sp³-hybridized carbons (Fsp3) is 0.154. The molecule has 0 saturated heterocycles. The van der Waals surface area contributed by atoms with Crippen LogP contribution in [-0.2, 0) is 20.7 Å². The van der Waals surface area contributed by atoms with Crippen LogP contribution in [0.15, 0.2) is 83.9 Å². The number of urea groups is 1. The highest BCUT2D eigenvalue weighted by molar-refractivity contribution is 6.20. The molecule has 1 atom stereocenters. The van der Waals surface area contributed by atoms with E-state index >= 15 is 0 Å².